The number of nitrogens with two attached hydrogens (primary N) is 1. The number of rotatable bonds is 4. The SMILES string of the molecule is CC[C@H](N)C(=O)NCC=C(C)C. The van der Waals surface area contributed by atoms with Crippen molar-refractivity contribution in [2.45, 2.75) is 33.2 Å². The van der Waals surface area contributed by atoms with Gasteiger partial charge in [-0.25, -0.2) is 0 Å². The number of allylic oxidation sites excluding steroid dienone is 1. The van der Waals surface area contributed by atoms with E-state index in [2.05, 4.69) is 5.32 Å². The van der Waals surface area contributed by atoms with Crippen molar-refractivity contribution in [1.29, 1.82) is 0 Å². The fraction of sp³-hybridized carbons (Fsp3) is 0.667. The Balaban J connectivity index is 3.65. The maximum Gasteiger partial charge on any atom is 0.237 e. The molecule has 1 amide bonds. The number of amides is 1. The van der Waals surface area contributed by atoms with Crippen molar-refractivity contribution in [2.75, 3.05) is 6.54 Å². The highest BCUT2D eigenvalue weighted by molar-refractivity contribution is 5.81. The first-order valence-corrected chi connectivity index (χ1v) is 4.24. The Bertz CT molecular complexity index is 171. The van der Waals surface area contributed by atoms with Gasteiger partial charge in [-0.15, -0.1) is 0 Å². The Labute approximate surface area is 74.0 Å². The zero-order valence-corrected chi connectivity index (χ0v) is 8.05. The molecule has 0 heterocycles. The highest BCUT2D eigenvalue weighted by atomic mass is 16.2. The number of carbonyl (C=O) groups excluding carboxylic acids is 1. The van der Waals surface area contributed by atoms with Gasteiger partial charge in [-0.2, -0.15) is 0 Å². The van der Waals surface area contributed by atoms with E-state index in [9.17, 15) is 4.79 Å². The van der Waals surface area contributed by atoms with Crippen molar-refractivity contribution < 1.29 is 4.79 Å². The van der Waals surface area contributed by atoms with Crippen LogP contribution in [0.25, 0.3) is 0 Å². The van der Waals surface area contributed by atoms with Crippen LogP contribution in [-0.2, 0) is 4.79 Å². The van der Waals surface area contributed by atoms with E-state index in [1.807, 2.05) is 26.8 Å². The van der Waals surface area contributed by atoms with E-state index in [0.717, 1.165) is 0 Å². The number of hydrogen-bond donors (Lipinski definition) is 2. The summed E-state index contributed by atoms with van der Waals surface area (Å²) in [6.45, 7) is 6.46. The molecule has 0 aromatic heterocycles. The molecular weight excluding hydrogens is 152 g/mol. The van der Waals surface area contributed by atoms with Gasteiger partial charge in [-0.05, 0) is 20.3 Å². The van der Waals surface area contributed by atoms with Gasteiger partial charge in [-0.3, -0.25) is 4.79 Å². The van der Waals surface area contributed by atoms with Crippen molar-refractivity contribution in [3.63, 3.8) is 0 Å². The normalized spacial score (nSPS) is 12.0. The molecule has 0 radical (unpaired) electrons. The molecule has 0 saturated carbocycles. The van der Waals surface area contributed by atoms with Crippen molar-refractivity contribution in [2.24, 2.45) is 5.73 Å². The molecule has 3 N–H and O–H groups in total. The predicted octanol–water partition coefficient (Wildman–Crippen LogP) is 0.806. The van der Waals surface area contributed by atoms with Gasteiger partial charge >= 0.3 is 0 Å². The number of carbonyl (C=O) groups is 1. The first-order chi connectivity index (χ1) is 5.57. The molecule has 0 aromatic carbocycles. The van der Waals surface area contributed by atoms with E-state index < -0.39 is 0 Å². The monoisotopic (exact) mass is 170 g/mol. The number of nitrogens with one attached hydrogen (secondary N) is 1. The second-order valence-corrected chi connectivity index (χ2v) is 3.04. The minimum Gasteiger partial charge on any atom is -0.351 e. The van der Waals surface area contributed by atoms with E-state index in [4.69, 9.17) is 5.73 Å². The molecule has 3 heteroatoms. The van der Waals surface area contributed by atoms with E-state index in [-0.39, 0.29) is 11.9 Å². The molecule has 0 rings (SSSR count). The van der Waals surface area contributed by atoms with Crippen LogP contribution in [0.3, 0.4) is 0 Å². The summed E-state index contributed by atoms with van der Waals surface area (Å²) in [6, 6.07) is -0.365. The molecule has 0 bridgehead atoms. The molecule has 0 aliphatic rings. The maximum absolute atomic E-state index is 11.1. The topological polar surface area (TPSA) is 55.1 Å². The summed E-state index contributed by atoms with van der Waals surface area (Å²) in [4.78, 5) is 11.1. The van der Waals surface area contributed by atoms with Crippen LogP contribution in [0.15, 0.2) is 11.6 Å². The summed E-state index contributed by atoms with van der Waals surface area (Å²) in [5.74, 6) is -0.0741. The Morgan fingerprint density at radius 2 is 2.17 bits per heavy atom. The van der Waals surface area contributed by atoms with Crippen LogP contribution in [0.5, 0.6) is 0 Å². The average Bonchev–Trinajstić information content (AvgIpc) is 2.02. The lowest BCUT2D eigenvalue weighted by atomic mass is 10.2. The molecule has 0 aliphatic carbocycles. The van der Waals surface area contributed by atoms with Crippen LogP contribution < -0.4 is 11.1 Å². The average molecular weight is 170 g/mol. The van der Waals surface area contributed by atoms with Gasteiger partial charge in [0.1, 0.15) is 0 Å². The van der Waals surface area contributed by atoms with Gasteiger partial charge < -0.3 is 11.1 Å². The summed E-state index contributed by atoms with van der Waals surface area (Å²) in [5.41, 5.74) is 6.70. The fourth-order valence-corrected chi connectivity index (χ4v) is 0.672. The lowest BCUT2D eigenvalue weighted by Crippen LogP contribution is -2.40. The molecule has 1 atom stereocenters. The second kappa shape index (κ2) is 5.77. The van der Waals surface area contributed by atoms with Gasteiger partial charge in [0.15, 0.2) is 0 Å². The van der Waals surface area contributed by atoms with Crippen LogP contribution in [-0.4, -0.2) is 18.5 Å². The third kappa shape index (κ3) is 4.91. The van der Waals surface area contributed by atoms with Crippen LogP contribution in [0, 0.1) is 0 Å². The molecule has 0 unspecified atom stereocenters. The molecule has 0 aromatic rings. The van der Waals surface area contributed by atoms with E-state index in [1.165, 1.54) is 5.57 Å². The fourth-order valence-electron chi connectivity index (χ4n) is 0.672. The van der Waals surface area contributed by atoms with Gasteiger partial charge in [0.2, 0.25) is 5.91 Å². The van der Waals surface area contributed by atoms with Gasteiger partial charge in [0.25, 0.3) is 0 Å². The third-order valence-electron chi connectivity index (χ3n) is 1.56. The van der Waals surface area contributed by atoms with Crippen molar-refractivity contribution in [1.82, 2.24) is 5.32 Å². The van der Waals surface area contributed by atoms with Gasteiger partial charge in [-0.1, -0.05) is 18.6 Å². The van der Waals surface area contributed by atoms with Crippen molar-refractivity contribution in [3.8, 4) is 0 Å². The molecular formula is C9H18N2O. The Morgan fingerprint density at radius 3 is 2.58 bits per heavy atom. The van der Waals surface area contributed by atoms with Gasteiger partial charge in [0.05, 0.1) is 6.04 Å². The zero-order valence-electron chi connectivity index (χ0n) is 8.05. The molecule has 0 fully saturated rings. The highest BCUT2D eigenvalue weighted by Gasteiger charge is 2.08. The molecule has 70 valence electrons. The number of hydrogen-bond acceptors (Lipinski definition) is 2. The van der Waals surface area contributed by atoms with Crippen LogP contribution in [0.4, 0.5) is 0 Å². The quantitative estimate of drug-likeness (QED) is 0.613. The Morgan fingerprint density at radius 1 is 1.58 bits per heavy atom. The minimum absolute atomic E-state index is 0.0741. The van der Waals surface area contributed by atoms with Crippen LogP contribution >= 0.6 is 0 Å². The van der Waals surface area contributed by atoms with Crippen LogP contribution in [0.2, 0.25) is 0 Å². The van der Waals surface area contributed by atoms with E-state index in [1.54, 1.807) is 0 Å². The van der Waals surface area contributed by atoms with Gasteiger partial charge in [0, 0.05) is 6.54 Å². The molecule has 3 nitrogen and oxygen atoms in total. The lowest BCUT2D eigenvalue weighted by Gasteiger charge is -2.07. The predicted molar refractivity (Wildman–Crippen MR) is 50.7 cm³/mol. The lowest BCUT2D eigenvalue weighted by molar-refractivity contribution is -0.122. The summed E-state index contributed by atoms with van der Waals surface area (Å²) in [5, 5.41) is 2.72. The summed E-state index contributed by atoms with van der Waals surface area (Å²) in [7, 11) is 0. The largest absolute Gasteiger partial charge is 0.351 e. The summed E-state index contributed by atoms with van der Waals surface area (Å²) >= 11 is 0. The first-order valence-electron chi connectivity index (χ1n) is 4.24. The van der Waals surface area contributed by atoms with Crippen molar-refractivity contribution in [3.05, 3.63) is 11.6 Å². The minimum atomic E-state index is -0.365. The van der Waals surface area contributed by atoms with E-state index >= 15 is 0 Å². The van der Waals surface area contributed by atoms with E-state index in [0.29, 0.717) is 13.0 Å². The summed E-state index contributed by atoms with van der Waals surface area (Å²) < 4.78 is 0. The maximum atomic E-state index is 11.1. The Kier molecular flexibility index (Phi) is 5.37. The smallest absolute Gasteiger partial charge is 0.237 e. The van der Waals surface area contributed by atoms with Crippen LogP contribution in [0.1, 0.15) is 27.2 Å². The molecule has 0 aliphatic heterocycles. The van der Waals surface area contributed by atoms with Crippen molar-refractivity contribution >= 4 is 5.91 Å². The standard InChI is InChI=1S/C9H18N2O/c1-4-8(10)9(12)11-6-5-7(2)3/h5,8H,4,6,10H2,1-3H3,(H,11,12)/t8-/m0/s1. The summed E-state index contributed by atoms with van der Waals surface area (Å²) in [6.07, 6.45) is 2.64. The zero-order chi connectivity index (χ0) is 9.56. The molecule has 0 spiro atoms. The highest BCUT2D eigenvalue weighted by Crippen LogP contribution is 1.88. The molecule has 12 heavy (non-hydrogen) atoms. The first kappa shape index (κ1) is 11.2. The Hall–Kier alpha value is -0.830. The second-order valence-electron chi connectivity index (χ2n) is 3.04. The third-order valence-corrected chi connectivity index (χ3v) is 1.56. The molecule has 0 saturated heterocycles.